The molecule has 0 fully saturated rings. The molecule has 0 bridgehead atoms. The first kappa shape index (κ1) is 60.5. The third-order valence-electron chi connectivity index (χ3n) is 13.9. The number of rotatable bonds is 20. The predicted molar refractivity (Wildman–Crippen MR) is 335 cm³/mol. The van der Waals surface area contributed by atoms with E-state index in [4.69, 9.17) is 34.0 Å². The molecule has 0 amide bonds. The SMILES string of the molecule is COc1ccc(-c2cnc3c(NCCc4ccc(S(N)(=O)=O)cc4)nccn23)cc1OC.COc1ccc(-c2cnc3c(NCc4cccnc4)nccn23)cc1OC.COc1cccc(-c2cnc3c(NCc4ccc(S(N)(=O)=O)cc4)nccn23)c1. The normalized spacial score (nSPS) is 11.3. The van der Waals surface area contributed by atoms with E-state index >= 15 is 0 Å². The van der Waals surface area contributed by atoms with Crippen molar-refractivity contribution in [3.63, 3.8) is 0 Å². The van der Waals surface area contributed by atoms with Gasteiger partial charge in [-0.25, -0.2) is 57.0 Å². The number of hydrogen-bond acceptors (Lipinski definition) is 19. The fraction of sp³-hybridized carbons (Fsp3) is 0.145. The lowest BCUT2D eigenvalue weighted by Gasteiger charge is -2.10. The van der Waals surface area contributed by atoms with Gasteiger partial charge < -0.3 is 39.6 Å². The summed E-state index contributed by atoms with van der Waals surface area (Å²) in [7, 11) is 0.698. The lowest BCUT2D eigenvalue weighted by atomic mass is 10.1. The van der Waals surface area contributed by atoms with Gasteiger partial charge in [0, 0.05) is 85.9 Å². The second kappa shape index (κ2) is 27.1. The summed E-state index contributed by atoms with van der Waals surface area (Å²) in [5.74, 6) is 5.43. The molecule has 7 heterocycles. The van der Waals surface area contributed by atoms with E-state index in [1.165, 1.54) is 24.3 Å². The minimum Gasteiger partial charge on any atom is -0.497 e. The number of pyridine rings is 1. The zero-order valence-electron chi connectivity index (χ0n) is 48.3. The van der Waals surface area contributed by atoms with Crippen LogP contribution in [0.15, 0.2) is 199 Å². The molecule has 450 valence electrons. The summed E-state index contributed by atoms with van der Waals surface area (Å²) in [5.41, 5.74) is 10.7. The molecule has 26 heteroatoms. The molecular formula is C62H61N15O9S2. The predicted octanol–water partition coefficient (Wildman–Crippen LogP) is 8.80. The van der Waals surface area contributed by atoms with Crippen LogP contribution in [0.25, 0.3) is 50.7 Å². The number of nitrogens with one attached hydrogen (secondary N) is 3. The zero-order chi connectivity index (χ0) is 61.8. The van der Waals surface area contributed by atoms with E-state index in [-0.39, 0.29) is 9.79 Å². The standard InChI is InChI=1S/C22H23N5O4S.C20H19N5O3S.C20H19N5O2/c1-30-19-8-5-16(13-20(19)31-2)18-14-26-22-21(25-11-12-27(18)22)24-10-9-15-3-6-17(7-4-15)32(23,28)29;1-28-16-4-2-3-15(11-16)18-13-24-20-19(22-9-10-25(18)20)23-12-14-5-7-17(8-6-14)29(21,26)27;1-26-17-6-5-15(10-18(17)27-2)16-13-24-20-19(22-8-9-25(16)20)23-12-14-4-3-7-21-11-14/h3-8,11-14H,9-10H2,1-2H3,(H,24,25)(H2,23,28,29);2-11,13H,12H2,1H3,(H,22,23)(H2,21,26,27);3-11,13H,12H2,1-2H3,(H,22,23). The Morgan fingerprint density at radius 1 is 0.420 bits per heavy atom. The highest BCUT2D eigenvalue weighted by Gasteiger charge is 2.17. The number of sulfonamides is 2. The molecule has 5 aromatic carbocycles. The molecule has 88 heavy (non-hydrogen) atoms. The van der Waals surface area contributed by atoms with Crippen molar-refractivity contribution < 1.29 is 40.5 Å². The number of imidazole rings is 3. The van der Waals surface area contributed by atoms with Crippen LogP contribution in [-0.2, 0) is 39.6 Å². The summed E-state index contributed by atoms with van der Waals surface area (Å²) in [5, 5.41) is 20.2. The zero-order valence-corrected chi connectivity index (χ0v) is 50.0. The van der Waals surface area contributed by atoms with Crippen molar-refractivity contribution in [3.8, 4) is 62.5 Å². The van der Waals surface area contributed by atoms with E-state index in [0.717, 1.165) is 61.9 Å². The monoisotopic (exact) mass is 1220 g/mol. The van der Waals surface area contributed by atoms with Crippen LogP contribution in [0.4, 0.5) is 17.5 Å². The van der Waals surface area contributed by atoms with E-state index < -0.39 is 20.0 Å². The van der Waals surface area contributed by atoms with Gasteiger partial charge in [0.15, 0.2) is 57.4 Å². The molecule has 0 radical (unpaired) electrons. The molecule has 0 atom stereocenters. The van der Waals surface area contributed by atoms with E-state index in [9.17, 15) is 16.8 Å². The summed E-state index contributed by atoms with van der Waals surface area (Å²) < 4.78 is 78.1. The maximum atomic E-state index is 11.4. The molecule has 12 aromatic rings. The van der Waals surface area contributed by atoms with Crippen LogP contribution in [0.3, 0.4) is 0 Å². The summed E-state index contributed by atoms with van der Waals surface area (Å²) in [6.45, 7) is 1.68. The van der Waals surface area contributed by atoms with Crippen molar-refractivity contribution in [2.75, 3.05) is 58.0 Å². The van der Waals surface area contributed by atoms with Crippen molar-refractivity contribution in [3.05, 3.63) is 206 Å². The first-order valence-electron chi connectivity index (χ1n) is 27.1. The highest BCUT2D eigenvalue weighted by Crippen LogP contribution is 2.35. The van der Waals surface area contributed by atoms with E-state index in [2.05, 4.69) is 50.8 Å². The Morgan fingerprint density at radius 3 is 1.30 bits per heavy atom. The Balaban J connectivity index is 0.000000146. The van der Waals surface area contributed by atoms with Gasteiger partial charge in [-0.05, 0) is 102 Å². The maximum Gasteiger partial charge on any atom is 0.238 e. The number of nitrogens with zero attached hydrogens (tertiary/aromatic N) is 10. The Hall–Kier alpha value is -10.7. The van der Waals surface area contributed by atoms with E-state index in [1.807, 2.05) is 117 Å². The van der Waals surface area contributed by atoms with Gasteiger partial charge in [0.25, 0.3) is 0 Å². The molecule has 0 aliphatic rings. The van der Waals surface area contributed by atoms with Gasteiger partial charge in [0.05, 0.1) is 81.0 Å². The minimum absolute atomic E-state index is 0.0812. The van der Waals surface area contributed by atoms with Crippen molar-refractivity contribution in [1.29, 1.82) is 0 Å². The lowest BCUT2D eigenvalue weighted by Crippen LogP contribution is -2.12. The molecule has 0 aliphatic carbocycles. The topological polar surface area (TPSA) is 306 Å². The molecule has 12 rings (SSSR count). The fourth-order valence-corrected chi connectivity index (χ4v) is 10.4. The number of fused-ring (bicyclic) bond motifs is 3. The van der Waals surface area contributed by atoms with Crippen LogP contribution >= 0.6 is 0 Å². The van der Waals surface area contributed by atoms with Gasteiger partial charge in [-0.2, -0.15) is 0 Å². The van der Waals surface area contributed by atoms with Gasteiger partial charge in [-0.1, -0.05) is 42.5 Å². The number of aromatic nitrogens is 10. The Kier molecular flexibility index (Phi) is 18.6. The average molecular weight is 1220 g/mol. The maximum absolute atomic E-state index is 11.4. The van der Waals surface area contributed by atoms with Gasteiger partial charge >= 0.3 is 0 Å². The summed E-state index contributed by atoms with van der Waals surface area (Å²) >= 11 is 0. The number of ether oxygens (including phenoxy) is 5. The molecular weight excluding hydrogens is 1160 g/mol. The molecule has 0 spiro atoms. The van der Waals surface area contributed by atoms with E-state index in [0.29, 0.717) is 77.8 Å². The summed E-state index contributed by atoms with van der Waals surface area (Å²) in [6.07, 6.45) is 20.4. The number of hydrogen-bond donors (Lipinski definition) is 5. The number of nitrogens with two attached hydrogens (primary N) is 2. The largest absolute Gasteiger partial charge is 0.497 e. The molecule has 7 aromatic heterocycles. The van der Waals surface area contributed by atoms with Crippen LogP contribution in [0, 0.1) is 0 Å². The number of primary sulfonamides is 2. The highest BCUT2D eigenvalue weighted by molar-refractivity contribution is 7.89. The lowest BCUT2D eigenvalue weighted by molar-refractivity contribution is 0.355. The van der Waals surface area contributed by atoms with Gasteiger partial charge in [0.2, 0.25) is 20.0 Å². The quantitative estimate of drug-likeness (QED) is 0.0476. The number of methoxy groups -OCH3 is 5. The molecule has 0 saturated carbocycles. The Bertz CT molecular complexity index is 4610. The fourth-order valence-electron chi connectivity index (χ4n) is 9.39. The van der Waals surface area contributed by atoms with E-state index in [1.54, 1.807) is 97.0 Å². The molecule has 0 aliphatic heterocycles. The van der Waals surface area contributed by atoms with Gasteiger partial charge in [0.1, 0.15) is 5.75 Å². The minimum atomic E-state index is -3.70. The Labute approximate surface area is 506 Å². The number of benzene rings is 5. The molecule has 0 unspecified atom stereocenters. The van der Waals surface area contributed by atoms with Gasteiger partial charge in [-0.3, -0.25) is 18.2 Å². The molecule has 0 saturated heterocycles. The third-order valence-corrected chi connectivity index (χ3v) is 15.7. The van der Waals surface area contributed by atoms with Crippen molar-refractivity contribution in [2.24, 2.45) is 10.3 Å². The van der Waals surface area contributed by atoms with Crippen LogP contribution in [-0.4, -0.2) is 107 Å². The first-order chi connectivity index (χ1) is 42.7. The van der Waals surface area contributed by atoms with Crippen molar-refractivity contribution >= 4 is 54.4 Å². The van der Waals surface area contributed by atoms with Crippen LogP contribution in [0.2, 0.25) is 0 Å². The van der Waals surface area contributed by atoms with Gasteiger partial charge in [-0.15, -0.1) is 0 Å². The van der Waals surface area contributed by atoms with Crippen LogP contribution < -0.4 is 49.9 Å². The summed E-state index contributed by atoms with van der Waals surface area (Å²) in [6, 6.07) is 36.1. The first-order valence-corrected chi connectivity index (χ1v) is 30.1. The molecule has 7 N–H and O–H groups in total. The Morgan fingerprint density at radius 2 is 0.864 bits per heavy atom. The third kappa shape index (κ3) is 14.0. The second-order valence-electron chi connectivity index (χ2n) is 19.3. The van der Waals surface area contributed by atoms with Crippen LogP contribution in [0.5, 0.6) is 28.7 Å². The smallest absolute Gasteiger partial charge is 0.238 e. The van der Waals surface area contributed by atoms with Crippen LogP contribution in [0.1, 0.15) is 16.7 Å². The van der Waals surface area contributed by atoms with Crippen molar-refractivity contribution in [2.45, 2.75) is 29.3 Å². The second-order valence-corrected chi connectivity index (χ2v) is 22.5. The highest BCUT2D eigenvalue weighted by atomic mass is 32.2. The summed E-state index contributed by atoms with van der Waals surface area (Å²) in [4.78, 5) is 31.2. The van der Waals surface area contributed by atoms with Crippen molar-refractivity contribution in [1.82, 2.24) is 48.1 Å². The molecule has 24 nitrogen and oxygen atoms in total. The number of anilines is 3. The average Bonchev–Trinajstić information content (AvgIpc) is 3.10.